The van der Waals surface area contributed by atoms with E-state index in [0.717, 1.165) is 11.1 Å². The second-order valence-electron chi connectivity index (χ2n) is 8.88. The number of hydrogen-bond acceptors (Lipinski definition) is 8. The Bertz CT molecular complexity index is 1460. The van der Waals surface area contributed by atoms with Gasteiger partial charge in [-0.25, -0.2) is 14.4 Å². The third-order valence-electron chi connectivity index (χ3n) is 6.02. The fraction of sp³-hybridized carbons (Fsp3) is 0.276. The van der Waals surface area contributed by atoms with Crippen LogP contribution in [0.3, 0.4) is 0 Å². The first-order valence-corrected chi connectivity index (χ1v) is 12.2. The number of carbonyl (C=O) groups is 1. The Balaban J connectivity index is 1.34. The standard InChI is InChI=1S/C29H27FN2O6/c1-18-3-8-23(30)20(13-18)15-21(33)14-19-4-6-22(7-5-19)38-29-26-24(31-17-32-29)16-25(35-10-9-34-2)27-28(26)37-12-11-36-27/h3-8,13,16-17H,9-12,14-15H2,1-2H3. The Morgan fingerprint density at radius 1 is 0.974 bits per heavy atom. The van der Waals surface area contributed by atoms with Crippen molar-refractivity contribution >= 4 is 16.7 Å². The number of Topliss-reactive ketones (excluding diaryl/α,β-unsaturated/α-hetero) is 1. The second-order valence-corrected chi connectivity index (χ2v) is 8.88. The maximum absolute atomic E-state index is 14.0. The number of fused-ring (bicyclic) bond motifs is 3. The van der Waals surface area contributed by atoms with Crippen molar-refractivity contribution in [1.29, 1.82) is 0 Å². The minimum Gasteiger partial charge on any atom is -0.487 e. The topological polar surface area (TPSA) is 89.0 Å². The number of rotatable bonds is 10. The highest BCUT2D eigenvalue weighted by Crippen LogP contribution is 2.47. The summed E-state index contributed by atoms with van der Waals surface area (Å²) >= 11 is 0. The van der Waals surface area contributed by atoms with E-state index in [2.05, 4.69) is 9.97 Å². The number of methoxy groups -OCH3 is 1. The molecule has 1 aliphatic rings. The monoisotopic (exact) mass is 518 g/mol. The number of ketones is 1. The smallest absolute Gasteiger partial charge is 0.234 e. The molecule has 2 heterocycles. The van der Waals surface area contributed by atoms with Gasteiger partial charge < -0.3 is 23.7 Å². The number of halogens is 1. The predicted octanol–water partition coefficient (Wildman–Crippen LogP) is 5.02. The van der Waals surface area contributed by atoms with E-state index >= 15 is 0 Å². The molecular weight excluding hydrogens is 491 g/mol. The molecule has 0 spiro atoms. The highest BCUT2D eigenvalue weighted by molar-refractivity contribution is 5.94. The van der Waals surface area contributed by atoms with E-state index in [-0.39, 0.29) is 24.4 Å². The summed E-state index contributed by atoms with van der Waals surface area (Å²) in [5.41, 5.74) is 2.71. The lowest BCUT2D eigenvalue weighted by molar-refractivity contribution is -0.117. The lowest BCUT2D eigenvalue weighted by atomic mass is 10.0. The van der Waals surface area contributed by atoms with Crippen molar-refractivity contribution < 1.29 is 32.9 Å². The fourth-order valence-corrected chi connectivity index (χ4v) is 4.23. The van der Waals surface area contributed by atoms with E-state index in [4.69, 9.17) is 23.7 Å². The molecule has 0 bridgehead atoms. The Morgan fingerprint density at radius 2 is 1.76 bits per heavy atom. The first-order valence-electron chi connectivity index (χ1n) is 12.2. The fourth-order valence-electron chi connectivity index (χ4n) is 4.23. The van der Waals surface area contributed by atoms with Crippen LogP contribution in [0.5, 0.6) is 28.9 Å². The normalized spacial score (nSPS) is 12.4. The van der Waals surface area contributed by atoms with Gasteiger partial charge in [0.1, 0.15) is 48.9 Å². The van der Waals surface area contributed by atoms with Crippen molar-refractivity contribution in [2.45, 2.75) is 19.8 Å². The molecule has 4 aromatic rings. The van der Waals surface area contributed by atoms with Crippen LogP contribution in [0, 0.1) is 12.7 Å². The van der Waals surface area contributed by atoms with Crippen molar-refractivity contribution in [2.24, 2.45) is 0 Å². The zero-order chi connectivity index (χ0) is 26.5. The summed E-state index contributed by atoms with van der Waals surface area (Å²) in [5.74, 6) is 1.83. The number of nitrogens with zero attached hydrogens (tertiary/aromatic N) is 2. The van der Waals surface area contributed by atoms with Gasteiger partial charge in [-0.15, -0.1) is 0 Å². The van der Waals surface area contributed by atoms with Crippen LogP contribution in [0.15, 0.2) is 54.9 Å². The van der Waals surface area contributed by atoms with Gasteiger partial charge in [0.2, 0.25) is 11.6 Å². The second kappa shape index (κ2) is 11.4. The molecule has 0 fully saturated rings. The predicted molar refractivity (Wildman–Crippen MR) is 138 cm³/mol. The summed E-state index contributed by atoms with van der Waals surface area (Å²) in [7, 11) is 1.60. The molecule has 0 amide bonds. The average molecular weight is 519 g/mol. The quantitative estimate of drug-likeness (QED) is 0.271. The number of ether oxygens (including phenoxy) is 5. The summed E-state index contributed by atoms with van der Waals surface area (Å²) in [4.78, 5) is 21.3. The SMILES string of the molecule is COCCOc1cc2ncnc(Oc3ccc(CC(=O)Cc4cc(C)ccc4F)cc3)c2c2c1OCCO2. The van der Waals surface area contributed by atoms with E-state index in [1.165, 1.54) is 12.4 Å². The molecule has 9 heteroatoms. The molecule has 0 unspecified atom stereocenters. The first kappa shape index (κ1) is 25.4. The number of hydrogen-bond donors (Lipinski definition) is 0. The van der Waals surface area contributed by atoms with Gasteiger partial charge in [0, 0.05) is 26.0 Å². The Labute approximate surface area is 219 Å². The van der Waals surface area contributed by atoms with Crippen molar-refractivity contribution in [1.82, 2.24) is 9.97 Å². The van der Waals surface area contributed by atoms with E-state index in [1.54, 1.807) is 49.6 Å². The Morgan fingerprint density at radius 3 is 2.55 bits per heavy atom. The van der Waals surface area contributed by atoms with E-state index in [1.807, 2.05) is 6.92 Å². The van der Waals surface area contributed by atoms with E-state index in [9.17, 15) is 9.18 Å². The number of benzene rings is 3. The molecule has 38 heavy (non-hydrogen) atoms. The number of aromatic nitrogens is 2. The van der Waals surface area contributed by atoms with E-state index in [0.29, 0.717) is 71.8 Å². The van der Waals surface area contributed by atoms with Crippen molar-refractivity contribution in [3.8, 4) is 28.9 Å². The minimum atomic E-state index is -0.366. The van der Waals surface area contributed by atoms with Crippen LogP contribution in [0.4, 0.5) is 4.39 Å². The molecule has 0 saturated heterocycles. The summed E-state index contributed by atoms with van der Waals surface area (Å²) in [5, 5.41) is 0.570. The Hall–Kier alpha value is -4.24. The molecule has 5 rings (SSSR count). The van der Waals surface area contributed by atoms with Gasteiger partial charge in [-0.2, -0.15) is 0 Å². The third kappa shape index (κ3) is 5.68. The summed E-state index contributed by atoms with van der Waals surface area (Å²) < 4.78 is 42.8. The van der Waals surface area contributed by atoms with Crippen molar-refractivity contribution in [2.75, 3.05) is 33.5 Å². The number of aryl methyl sites for hydroxylation is 1. The van der Waals surface area contributed by atoms with Gasteiger partial charge in [0.25, 0.3) is 0 Å². The maximum Gasteiger partial charge on any atom is 0.234 e. The average Bonchev–Trinajstić information content (AvgIpc) is 2.92. The lowest BCUT2D eigenvalue weighted by Gasteiger charge is -2.23. The van der Waals surface area contributed by atoms with Crippen LogP contribution < -0.4 is 18.9 Å². The molecule has 1 aliphatic heterocycles. The van der Waals surface area contributed by atoms with Gasteiger partial charge in [-0.3, -0.25) is 4.79 Å². The van der Waals surface area contributed by atoms with Gasteiger partial charge in [-0.05, 0) is 36.2 Å². The van der Waals surface area contributed by atoms with Crippen LogP contribution in [0.1, 0.15) is 16.7 Å². The van der Waals surface area contributed by atoms with Crippen molar-refractivity contribution in [3.63, 3.8) is 0 Å². The van der Waals surface area contributed by atoms with Crippen LogP contribution in [-0.2, 0) is 22.4 Å². The molecule has 3 aromatic carbocycles. The molecule has 8 nitrogen and oxygen atoms in total. The van der Waals surface area contributed by atoms with Crippen LogP contribution in [0.2, 0.25) is 0 Å². The first-order chi connectivity index (χ1) is 18.5. The van der Waals surface area contributed by atoms with E-state index < -0.39 is 0 Å². The maximum atomic E-state index is 14.0. The molecule has 196 valence electrons. The largest absolute Gasteiger partial charge is 0.487 e. The number of carbonyl (C=O) groups excluding carboxylic acids is 1. The molecule has 0 N–H and O–H groups in total. The van der Waals surface area contributed by atoms with Crippen LogP contribution in [-0.4, -0.2) is 49.3 Å². The molecule has 0 saturated carbocycles. The lowest BCUT2D eigenvalue weighted by Crippen LogP contribution is -2.17. The van der Waals surface area contributed by atoms with Gasteiger partial charge >= 0.3 is 0 Å². The van der Waals surface area contributed by atoms with Gasteiger partial charge in [0.15, 0.2) is 11.5 Å². The van der Waals surface area contributed by atoms with Gasteiger partial charge in [-0.1, -0.05) is 29.8 Å². The molecule has 0 radical (unpaired) electrons. The summed E-state index contributed by atoms with van der Waals surface area (Å²) in [6.45, 7) is 3.40. The van der Waals surface area contributed by atoms with Crippen molar-refractivity contribution in [3.05, 3.63) is 77.4 Å². The zero-order valence-electron chi connectivity index (χ0n) is 21.2. The summed E-state index contributed by atoms with van der Waals surface area (Å²) in [6, 6.07) is 13.7. The Kier molecular flexibility index (Phi) is 7.65. The highest BCUT2D eigenvalue weighted by Gasteiger charge is 2.25. The highest BCUT2D eigenvalue weighted by atomic mass is 19.1. The van der Waals surface area contributed by atoms with Gasteiger partial charge in [0.05, 0.1) is 12.1 Å². The zero-order valence-corrected chi connectivity index (χ0v) is 21.2. The molecule has 0 aliphatic carbocycles. The molecule has 0 atom stereocenters. The minimum absolute atomic E-state index is 0.0447. The van der Waals surface area contributed by atoms with Crippen LogP contribution in [0.25, 0.3) is 10.9 Å². The summed E-state index contributed by atoms with van der Waals surface area (Å²) in [6.07, 6.45) is 1.64. The molecule has 1 aromatic heterocycles. The third-order valence-corrected chi connectivity index (χ3v) is 6.02. The van der Waals surface area contributed by atoms with Crippen LogP contribution >= 0.6 is 0 Å². The molecular formula is C29H27FN2O6.